The van der Waals surface area contributed by atoms with E-state index in [2.05, 4.69) is 10.3 Å². The Kier molecular flexibility index (Phi) is 3.84. The van der Waals surface area contributed by atoms with E-state index in [4.69, 9.17) is 16.3 Å². The van der Waals surface area contributed by atoms with Gasteiger partial charge >= 0.3 is 0 Å². The number of aryl methyl sites for hydroxylation is 1. The summed E-state index contributed by atoms with van der Waals surface area (Å²) in [5, 5.41) is 3.26. The Bertz CT molecular complexity index is 537. The van der Waals surface area contributed by atoms with Gasteiger partial charge in [0.25, 0.3) is 5.91 Å². The van der Waals surface area contributed by atoms with Gasteiger partial charge in [-0.2, -0.15) is 0 Å². The highest BCUT2D eigenvalue weighted by Crippen LogP contribution is 2.15. The second kappa shape index (κ2) is 5.55. The maximum atomic E-state index is 11.6. The first kappa shape index (κ1) is 12.4. The number of imidazole rings is 1. The van der Waals surface area contributed by atoms with Gasteiger partial charge in [0.05, 0.1) is 0 Å². The first-order valence-electron chi connectivity index (χ1n) is 5.30. The van der Waals surface area contributed by atoms with E-state index in [1.54, 1.807) is 48.3 Å². The number of rotatable bonds is 4. The van der Waals surface area contributed by atoms with E-state index in [-0.39, 0.29) is 12.5 Å². The number of nitrogens with zero attached hydrogens (tertiary/aromatic N) is 2. The summed E-state index contributed by atoms with van der Waals surface area (Å²) < 4.78 is 7.01. The molecule has 2 rings (SSSR count). The van der Waals surface area contributed by atoms with E-state index in [0.29, 0.717) is 16.7 Å². The molecule has 2 aromatic rings. The number of aromatic nitrogens is 2. The molecule has 0 saturated heterocycles. The Labute approximate surface area is 109 Å². The summed E-state index contributed by atoms with van der Waals surface area (Å²) >= 11 is 5.74. The Morgan fingerprint density at radius 3 is 2.78 bits per heavy atom. The van der Waals surface area contributed by atoms with Crippen LogP contribution in [0, 0.1) is 0 Å². The lowest BCUT2D eigenvalue weighted by molar-refractivity contribution is -0.118. The third-order valence-corrected chi connectivity index (χ3v) is 2.51. The third kappa shape index (κ3) is 3.24. The Morgan fingerprint density at radius 1 is 1.44 bits per heavy atom. The van der Waals surface area contributed by atoms with Crippen LogP contribution in [0.1, 0.15) is 0 Å². The molecule has 0 bridgehead atoms. The minimum absolute atomic E-state index is 0.0749. The van der Waals surface area contributed by atoms with Gasteiger partial charge in [-0.05, 0) is 24.3 Å². The molecule has 6 heteroatoms. The number of anilines is 1. The number of carbonyl (C=O) groups is 1. The zero-order valence-corrected chi connectivity index (χ0v) is 10.5. The highest BCUT2D eigenvalue weighted by molar-refractivity contribution is 6.30. The van der Waals surface area contributed by atoms with Crippen molar-refractivity contribution in [2.45, 2.75) is 0 Å². The molecular formula is C12H12ClN3O2. The number of amides is 1. The first-order valence-corrected chi connectivity index (χ1v) is 5.68. The van der Waals surface area contributed by atoms with Crippen LogP contribution in [-0.4, -0.2) is 22.1 Å². The molecule has 0 aliphatic rings. The molecule has 0 saturated carbocycles. The van der Waals surface area contributed by atoms with Crippen molar-refractivity contribution in [1.29, 1.82) is 0 Å². The van der Waals surface area contributed by atoms with Crippen molar-refractivity contribution >= 4 is 23.5 Å². The normalized spacial score (nSPS) is 10.1. The van der Waals surface area contributed by atoms with E-state index >= 15 is 0 Å². The summed E-state index contributed by atoms with van der Waals surface area (Å²) in [5.74, 6) is 0.813. The van der Waals surface area contributed by atoms with Crippen LogP contribution in [0.3, 0.4) is 0 Å². The molecule has 1 amide bonds. The quantitative estimate of drug-likeness (QED) is 0.921. The fraction of sp³-hybridized carbons (Fsp3) is 0.167. The van der Waals surface area contributed by atoms with Gasteiger partial charge in [-0.3, -0.25) is 10.1 Å². The van der Waals surface area contributed by atoms with E-state index in [1.807, 2.05) is 0 Å². The number of hydrogen-bond acceptors (Lipinski definition) is 3. The van der Waals surface area contributed by atoms with Gasteiger partial charge in [0.15, 0.2) is 6.61 Å². The smallest absolute Gasteiger partial charge is 0.264 e. The number of ether oxygens (including phenoxy) is 1. The fourth-order valence-corrected chi connectivity index (χ4v) is 1.45. The van der Waals surface area contributed by atoms with Crippen molar-refractivity contribution < 1.29 is 9.53 Å². The molecule has 0 aliphatic heterocycles. The molecule has 5 nitrogen and oxygen atoms in total. The molecule has 18 heavy (non-hydrogen) atoms. The highest BCUT2D eigenvalue weighted by atomic mass is 35.5. The molecule has 1 heterocycles. The predicted octanol–water partition coefficient (Wildman–Crippen LogP) is 2.09. The van der Waals surface area contributed by atoms with E-state index in [0.717, 1.165) is 0 Å². The van der Waals surface area contributed by atoms with Crippen LogP contribution in [0.25, 0.3) is 0 Å². The lowest BCUT2D eigenvalue weighted by Crippen LogP contribution is -2.21. The SMILES string of the molecule is Cn1ccnc1NC(=O)COc1ccc(Cl)cc1. The molecule has 0 spiro atoms. The van der Waals surface area contributed by atoms with Gasteiger partial charge in [0.2, 0.25) is 5.95 Å². The molecule has 1 N–H and O–H groups in total. The lowest BCUT2D eigenvalue weighted by atomic mass is 10.3. The summed E-state index contributed by atoms with van der Waals surface area (Å²) in [5.41, 5.74) is 0. The lowest BCUT2D eigenvalue weighted by Gasteiger charge is -2.07. The molecule has 0 unspecified atom stereocenters. The Balaban J connectivity index is 1.85. The van der Waals surface area contributed by atoms with Gasteiger partial charge < -0.3 is 9.30 Å². The monoisotopic (exact) mass is 265 g/mol. The van der Waals surface area contributed by atoms with Crippen molar-refractivity contribution in [3.63, 3.8) is 0 Å². The standard InChI is InChI=1S/C12H12ClN3O2/c1-16-7-6-14-12(16)15-11(17)8-18-10-4-2-9(13)3-5-10/h2-7H,8H2,1H3,(H,14,15,17). The van der Waals surface area contributed by atoms with Gasteiger partial charge in [0.1, 0.15) is 5.75 Å². The molecule has 0 fully saturated rings. The van der Waals surface area contributed by atoms with Crippen LogP contribution in [0.2, 0.25) is 5.02 Å². The highest BCUT2D eigenvalue weighted by Gasteiger charge is 2.06. The van der Waals surface area contributed by atoms with Crippen LogP contribution >= 0.6 is 11.6 Å². The van der Waals surface area contributed by atoms with E-state index in [9.17, 15) is 4.79 Å². The van der Waals surface area contributed by atoms with Crippen LogP contribution in [0.15, 0.2) is 36.7 Å². The topological polar surface area (TPSA) is 56.2 Å². The maximum Gasteiger partial charge on any atom is 0.264 e. The molecule has 1 aromatic carbocycles. The van der Waals surface area contributed by atoms with Crippen molar-refractivity contribution in [3.8, 4) is 5.75 Å². The minimum Gasteiger partial charge on any atom is -0.484 e. The van der Waals surface area contributed by atoms with E-state index in [1.165, 1.54) is 0 Å². The zero-order chi connectivity index (χ0) is 13.0. The van der Waals surface area contributed by atoms with Crippen LogP contribution < -0.4 is 10.1 Å². The Morgan fingerprint density at radius 2 is 2.17 bits per heavy atom. The number of hydrogen-bond donors (Lipinski definition) is 1. The number of benzene rings is 1. The van der Waals surface area contributed by atoms with Crippen molar-refractivity contribution in [2.24, 2.45) is 7.05 Å². The molecule has 1 aromatic heterocycles. The zero-order valence-electron chi connectivity index (χ0n) is 9.76. The average molecular weight is 266 g/mol. The number of carbonyl (C=O) groups excluding carboxylic acids is 1. The van der Waals surface area contributed by atoms with Gasteiger partial charge in [-0.25, -0.2) is 4.98 Å². The minimum atomic E-state index is -0.265. The van der Waals surface area contributed by atoms with Crippen LogP contribution in [0.4, 0.5) is 5.95 Å². The average Bonchev–Trinajstić information content (AvgIpc) is 2.74. The molecule has 0 aliphatic carbocycles. The first-order chi connectivity index (χ1) is 8.65. The van der Waals surface area contributed by atoms with Crippen molar-refractivity contribution in [2.75, 3.05) is 11.9 Å². The molecular weight excluding hydrogens is 254 g/mol. The summed E-state index contributed by atoms with van der Waals surface area (Å²) in [6.45, 7) is -0.0749. The summed E-state index contributed by atoms with van der Waals surface area (Å²) in [7, 11) is 1.79. The maximum absolute atomic E-state index is 11.6. The summed E-state index contributed by atoms with van der Waals surface area (Å²) in [6, 6.07) is 6.81. The summed E-state index contributed by atoms with van der Waals surface area (Å²) in [4.78, 5) is 15.6. The largest absolute Gasteiger partial charge is 0.484 e. The van der Waals surface area contributed by atoms with Crippen LogP contribution in [-0.2, 0) is 11.8 Å². The van der Waals surface area contributed by atoms with Gasteiger partial charge in [-0.15, -0.1) is 0 Å². The molecule has 94 valence electrons. The second-order valence-corrected chi connectivity index (χ2v) is 4.09. The van der Waals surface area contributed by atoms with Crippen LogP contribution in [0.5, 0.6) is 5.75 Å². The molecule has 0 atom stereocenters. The second-order valence-electron chi connectivity index (χ2n) is 3.65. The fourth-order valence-electron chi connectivity index (χ4n) is 1.33. The summed E-state index contributed by atoms with van der Waals surface area (Å²) in [6.07, 6.45) is 3.35. The van der Waals surface area contributed by atoms with Gasteiger partial charge in [-0.1, -0.05) is 11.6 Å². The number of nitrogens with one attached hydrogen (secondary N) is 1. The van der Waals surface area contributed by atoms with Crippen molar-refractivity contribution in [3.05, 3.63) is 41.7 Å². The number of halogens is 1. The Hall–Kier alpha value is -2.01. The molecule has 0 radical (unpaired) electrons. The predicted molar refractivity (Wildman–Crippen MR) is 68.8 cm³/mol. The van der Waals surface area contributed by atoms with Crippen molar-refractivity contribution in [1.82, 2.24) is 9.55 Å². The van der Waals surface area contributed by atoms with Gasteiger partial charge in [0, 0.05) is 24.5 Å². The van der Waals surface area contributed by atoms with E-state index < -0.39 is 0 Å². The third-order valence-electron chi connectivity index (χ3n) is 2.26.